The third-order valence-electron chi connectivity index (χ3n) is 4.01. The molecule has 2 rings (SSSR count). The van der Waals surface area contributed by atoms with Crippen LogP contribution < -0.4 is 4.83 Å². The average Bonchev–Trinajstić information content (AvgIpc) is 2.68. The molecule has 164 valence electrons. The summed E-state index contributed by atoms with van der Waals surface area (Å²) in [6.07, 6.45) is 0.576. The molecule has 0 amide bonds. The molecule has 0 bridgehead atoms. The van der Waals surface area contributed by atoms with Crippen molar-refractivity contribution < 1.29 is 31.2 Å². The van der Waals surface area contributed by atoms with Crippen LogP contribution in [0.25, 0.3) is 0 Å². The minimum atomic E-state index is -5.30. The quantitative estimate of drug-likeness (QED) is 0.278. The van der Waals surface area contributed by atoms with Gasteiger partial charge in [0.25, 0.3) is 10.0 Å². The first kappa shape index (κ1) is 24.6. The van der Waals surface area contributed by atoms with E-state index in [1.54, 1.807) is 25.1 Å². The Balaban J connectivity index is 2.21. The van der Waals surface area contributed by atoms with Crippen LogP contribution in [0.1, 0.15) is 31.4 Å². The number of sulfonamides is 1. The smallest absolute Gasteiger partial charge is 0.320 e. The van der Waals surface area contributed by atoms with Crippen LogP contribution in [0.4, 0.5) is 8.78 Å². The van der Waals surface area contributed by atoms with Gasteiger partial charge in [-0.2, -0.15) is 22.3 Å². The second kappa shape index (κ2) is 9.65. The van der Waals surface area contributed by atoms with Crippen molar-refractivity contribution in [2.24, 2.45) is 5.10 Å². The fraction of sp³-hybridized carbons (Fsp3) is 0.278. The number of hydrogen-bond donors (Lipinski definition) is 2. The summed E-state index contributed by atoms with van der Waals surface area (Å²) in [6, 6.07) is 10.9. The molecule has 7 nitrogen and oxygen atoms in total. The highest BCUT2D eigenvalue weighted by Crippen LogP contribution is 2.64. The van der Waals surface area contributed by atoms with E-state index in [4.69, 9.17) is 0 Å². The van der Waals surface area contributed by atoms with E-state index in [-0.39, 0.29) is 21.4 Å². The highest BCUT2D eigenvalue weighted by atomic mass is 79.9. The van der Waals surface area contributed by atoms with Crippen LogP contribution in [0.5, 0.6) is 0 Å². The monoisotopic (exact) mass is 524 g/mol. The number of halogens is 3. The maximum absolute atomic E-state index is 14.6. The zero-order chi connectivity index (χ0) is 22.6. The molecule has 0 aromatic heterocycles. The Morgan fingerprint density at radius 3 is 2.50 bits per heavy atom. The molecule has 0 spiro atoms. The lowest BCUT2D eigenvalue weighted by atomic mass is 10.1. The Morgan fingerprint density at radius 2 is 1.93 bits per heavy atom. The minimum absolute atomic E-state index is 0.0123. The van der Waals surface area contributed by atoms with Gasteiger partial charge in [-0.05, 0) is 37.1 Å². The lowest BCUT2D eigenvalue weighted by Gasteiger charge is -2.25. The molecule has 2 aromatic rings. The van der Waals surface area contributed by atoms with Crippen molar-refractivity contribution in [2.45, 2.75) is 36.9 Å². The first-order chi connectivity index (χ1) is 13.9. The highest BCUT2D eigenvalue weighted by Gasteiger charge is 2.54. The summed E-state index contributed by atoms with van der Waals surface area (Å²) in [6.45, 7) is 3.06. The van der Waals surface area contributed by atoms with E-state index in [1.165, 1.54) is 31.2 Å². The van der Waals surface area contributed by atoms with Gasteiger partial charge in [-0.25, -0.2) is 4.83 Å². The van der Waals surface area contributed by atoms with Gasteiger partial charge in [0.05, 0.1) is 17.2 Å². The number of hydrazone groups is 1. The molecule has 0 radical (unpaired) electrons. The first-order valence-electron chi connectivity index (χ1n) is 8.69. The van der Waals surface area contributed by atoms with Crippen molar-refractivity contribution in [3.05, 3.63) is 64.1 Å². The number of rotatable bonds is 9. The summed E-state index contributed by atoms with van der Waals surface area (Å²) in [5.41, 5.74) is -4.62. The molecule has 0 aliphatic heterocycles. The molecule has 2 unspecified atom stereocenters. The van der Waals surface area contributed by atoms with Crippen LogP contribution in [0.15, 0.2) is 63.0 Å². The van der Waals surface area contributed by atoms with E-state index in [0.717, 1.165) is 12.3 Å². The third kappa shape index (κ3) is 5.73. The maximum Gasteiger partial charge on any atom is 0.402 e. The number of hydrogen-bond acceptors (Lipinski definition) is 5. The van der Waals surface area contributed by atoms with Crippen molar-refractivity contribution in [1.29, 1.82) is 0 Å². The molecule has 2 atom stereocenters. The summed E-state index contributed by atoms with van der Waals surface area (Å²) in [5.74, 6) is 0. The molecule has 30 heavy (non-hydrogen) atoms. The number of nitrogens with one attached hydrogen (secondary N) is 1. The van der Waals surface area contributed by atoms with Gasteiger partial charge in [-0.3, -0.25) is 4.57 Å². The van der Waals surface area contributed by atoms with Crippen molar-refractivity contribution >= 4 is 39.8 Å². The van der Waals surface area contributed by atoms with E-state index in [1.807, 2.05) is 4.83 Å². The van der Waals surface area contributed by atoms with E-state index >= 15 is 0 Å². The SMILES string of the molecule is CCC(C)OP(=O)(O)C(F)(F)c1ccc(C=NNS(=O)(=O)c2ccccc2)cc1Br. The normalized spacial score (nSPS) is 15.7. The molecule has 0 heterocycles. The second-order valence-electron chi connectivity index (χ2n) is 6.29. The third-order valence-corrected chi connectivity index (χ3v) is 7.50. The molecule has 0 fully saturated rings. The molecular weight excluding hydrogens is 505 g/mol. The van der Waals surface area contributed by atoms with Gasteiger partial charge in [-0.15, -0.1) is 0 Å². The van der Waals surface area contributed by atoms with Crippen LogP contribution in [-0.4, -0.2) is 25.6 Å². The topological polar surface area (TPSA) is 105 Å². The van der Waals surface area contributed by atoms with Crippen LogP contribution in [-0.2, 0) is 24.8 Å². The lowest BCUT2D eigenvalue weighted by molar-refractivity contribution is 0.0341. The highest BCUT2D eigenvalue weighted by molar-refractivity contribution is 9.10. The molecule has 12 heteroatoms. The average molecular weight is 525 g/mol. The molecule has 0 saturated carbocycles. The zero-order valence-electron chi connectivity index (χ0n) is 16.0. The van der Waals surface area contributed by atoms with Gasteiger partial charge in [0.15, 0.2) is 0 Å². The predicted molar refractivity (Wildman–Crippen MR) is 113 cm³/mol. The van der Waals surface area contributed by atoms with Gasteiger partial charge in [-0.1, -0.05) is 53.2 Å². The van der Waals surface area contributed by atoms with Gasteiger partial charge in [0.2, 0.25) is 0 Å². The largest absolute Gasteiger partial charge is 0.402 e. The van der Waals surface area contributed by atoms with E-state index < -0.39 is 35.0 Å². The molecule has 0 aliphatic rings. The lowest BCUT2D eigenvalue weighted by Crippen LogP contribution is -2.20. The fourth-order valence-corrected chi connectivity index (χ4v) is 5.09. The van der Waals surface area contributed by atoms with Crippen LogP contribution in [0, 0.1) is 0 Å². The Labute approximate surface area is 181 Å². The van der Waals surface area contributed by atoms with Crippen LogP contribution in [0.3, 0.4) is 0 Å². The Hall–Kier alpha value is -1.65. The van der Waals surface area contributed by atoms with Crippen LogP contribution >= 0.6 is 23.5 Å². The van der Waals surface area contributed by atoms with E-state index in [2.05, 4.69) is 25.6 Å². The van der Waals surface area contributed by atoms with Gasteiger partial charge >= 0.3 is 13.3 Å². The summed E-state index contributed by atoms with van der Waals surface area (Å²) < 4.78 is 70.1. The van der Waals surface area contributed by atoms with Gasteiger partial charge < -0.3 is 9.42 Å². The first-order valence-corrected chi connectivity index (χ1v) is 12.5. The summed E-state index contributed by atoms with van der Waals surface area (Å²) in [5, 5.41) is 3.62. The zero-order valence-corrected chi connectivity index (χ0v) is 19.3. The molecule has 0 aliphatic carbocycles. The number of nitrogens with zero attached hydrogens (tertiary/aromatic N) is 1. The predicted octanol–water partition coefficient (Wildman–Crippen LogP) is 4.81. The summed E-state index contributed by atoms with van der Waals surface area (Å²) in [4.78, 5) is 11.8. The maximum atomic E-state index is 14.6. The van der Waals surface area contributed by atoms with Gasteiger partial charge in [0.1, 0.15) is 0 Å². The van der Waals surface area contributed by atoms with Crippen LogP contribution in [0.2, 0.25) is 0 Å². The number of benzene rings is 2. The molecule has 2 aromatic carbocycles. The summed E-state index contributed by atoms with van der Waals surface area (Å²) >= 11 is 2.96. The number of alkyl halides is 2. The summed E-state index contributed by atoms with van der Waals surface area (Å²) in [7, 11) is -9.17. The Morgan fingerprint density at radius 1 is 1.30 bits per heavy atom. The van der Waals surface area contributed by atoms with E-state index in [0.29, 0.717) is 0 Å². The Bertz CT molecular complexity index is 1070. The Kier molecular flexibility index (Phi) is 7.92. The van der Waals surface area contributed by atoms with Crippen molar-refractivity contribution in [2.75, 3.05) is 0 Å². The molecule has 2 N–H and O–H groups in total. The standard InChI is InChI=1S/C18H20BrF2N2O5PS/c1-3-13(2)28-29(24,25)18(20,21)16-10-9-14(11-17(16)19)12-22-23-30(26,27)15-7-5-4-6-8-15/h4-13,23H,3H2,1-2H3,(H,24,25). The fourth-order valence-electron chi connectivity index (χ4n) is 2.22. The molecule has 0 saturated heterocycles. The van der Waals surface area contributed by atoms with Crippen molar-refractivity contribution in [1.82, 2.24) is 4.83 Å². The van der Waals surface area contributed by atoms with E-state index in [9.17, 15) is 26.7 Å². The second-order valence-corrected chi connectivity index (χ2v) is 10.6. The van der Waals surface area contributed by atoms with Crippen molar-refractivity contribution in [3.8, 4) is 0 Å². The molecular formula is C18H20BrF2N2O5PS. The van der Waals surface area contributed by atoms with Crippen molar-refractivity contribution in [3.63, 3.8) is 0 Å². The van der Waals surface area contributed by atoms with Gasteiger partial charge in [0, 0.05) is 10.0 Å². The minimum Gasteiger partial charge on any atom is -0.320 e.